The number of aromatic nitrogens is 3. The van der Waals surface area contributed by atoms with E-state index in [1.807, 2.05) is 4.90 Å². The monoisotopic (exact) mass is 436 g/mol. The minimum absolute atomic E-state index is 0.0316. The maximum Gasteiger partial charge on any atom is 0.241 e. The number of carbonyl (C=O) groups excluding carboxylic acids is 1. The quantitative estimate of drug-likeness (QED) is 0.630. The number of nitrogens with zero attached hydrogens (tertiary/aromatic N) is 4. The van der Waals surface area contributed by atoms with Crippen LogP contribution in [0, 0.1) is 0 Å². The summed E-state index contributed by atoms with van der Waals surface area (Å²) in [5, 5.41) is 7.59. The number of hydrogen-bond acceptors (Lipinski definition) is 7. The second-order valence-corrected chi connectivity index (χ2v) is 8.27. The standard InChI is InChI=1S/C18H18Cl2N6OS/c19-11-4-12(20)6-14(5-11)21-7-15(27)26-3-1-2-13(8-26)25-17-16-18(23-9-22-17)28-10-24-16/h4-6,9-10,13,21H,1-3,7-8H2,(H,22,23,25)/t13-/m0/s1. The van der Waals surface area contributed by atoms with Gasteiger partial charge in [0.05, 0.1) is 12.1 Å². The van der Waals surface area contributed by atoms with E-state index < -0.39 is 0 Å². The van der Waals surface area contributed by atoms with Gasteiger partial charge in [-0.25, -0.2) is 15.0 Å². The number of hydrogen-bond donors (Lipinski definition) is 2. The molecule has 1 amide bonds. The Labute approximate surface area is 176 Å². The predicted octanol–water partition coefficient (Wildman–Crippen LogP) is 3.91. The zero-order valence-corrected chi connectivity index (χ0v) is 17.2. The Bertz CT molecular complexity index is 977. The fourth-order valence-corrected chi connectivity index (χ4v) is 4.41. The van der Waals surface area contributed by atoms with Crippen LogP contribution in [0.1, 0.15) is 12.8 Å². The first-order chi connectivity index (χ1) is 13.6. The first kappa shape index (κ1) is 19.2. The van der Waals surface area contributed by atoms with Gasteiger partial charge in [0.2, 0.25) is 5.91 Å². The molecule has 146 valence electrons. The Morgan fingerprint density at radius 3 is 2.86 bits per heavy atom. The lowest BCUT2D eigenvalue weighted by Gasteiger charge is -2.33. The number of fused-ring (bicyclic) bond motifs is 1. The molecular formula is C18H18Cl2N6OS. The third kappa shape index (κ3) is 4.45. The molecule has 0 unspecified atom stereocenters. The van der Waals surface area contributed by atoms with Crippen molar-refractivity contribution in [3.8, 4) is 0 Å². The lowest BCUT2D eigenvalue weighted by atomic mass is 10.1. The molecule has 1 aromatic carbocycles. The minimum Gasteiger partial charge on any atom is -0.376 e. The third-order valence-corrected chi connectivity index (χ3v) is 5.73. The molecule has 0 bridgehead atoms. The van der Waals surface area contributed by atoms with Gasteiger partial charge in [-0.3, -0.25) is 4.79 Å². The number of piperidine rings is 1. The predicted molar refractivity (Wildman–Crippen MR) is 113 cm³/mol. The van der Waals surface area contributed by atoms with Crippen LogP contribution >= 0.6 is 34.5 Å². The van der Waals surface area contributed by atoms with Gasteiger partial charge in [-0.1, -0.05) is 23.2 Å². The summed E-state index contributed by atoms with van der Waals surface area (Å²) in [5.41, 5.74) is 3.26. The van der Waals surface area contributed by atoms with Crippen LogP contribution in [0.4, 0.5) is 11.5 Å². The highest BCUT2D eigenvalue weighted by Gasteiger charge is 2.24. The van der Waals surface area contributed by atoms with Crippen LogP contribution in [-0.4, -0.2) is 51.4 Å². The van der Waals surface area contributed by atoms with Gasteiger partial charge in [0.1, 0.15) is 16.7 Å². The molecule has 1 saturated heterocycles. The van der Waals surface area contributed by atoms with Crippen molar-refractivity contribution in [2.45, 2.75) is 18.9 Å². The molecule has 0 aliphatic carbocycles. The van der Waals surface area contributed by atoms with Crippen LogP contribution in [0.5, 0.6) is 0 Å². The summed E-state index contributed by atoms with van der Waals surface area (Å²) < 4.78 is 0. The van der Waals surface area contributed by atoms with Gasteiger partial charge in [-0.2, -0.15) is 0 Å². The number of rotatable bonds is 5. The second kappa shape index (κ2) is 8.46. The van der Waals surface area contributed by atoms with E-state index in [0.717, 1.165) is 41.2 Å². The molecule has 1 atom stereocenters. The van der Waals surface area contributed by atoms with Crippen molar-refractivity contribution in [2.24, 2.45) is 0 Å². The van der Waals surface area contributed by atoms with Crippen LogP contribution in [0.3, 0.4) is 0 Å². The Morgan fingerprint density at radius 2 is 2.04 bits per heavy atom. The SMILES string of the molecule is O=C(CNc1cc(Cl)cc(Cl)c1)N1CCC[C@H](Nc2ncnc3scnc23)C1. The van der Waals surface area contributed by atoms with Crippen molar-refractivity contribution in [1.29, 1.82) is 0 Å². The molecule has 7 nitrogen and oxygen atoms in total. The molecule has 1 aliphatic rings. The topological polar surface area (TPSA) is 83.0 Å². The fraction of sp³-hybridized carbons (Fsp3) is 0.333. The summed E-state index contributed by atoms with van der Waals surface area (Å²) in [6, 6.07) is 5.27. The van der Waals surface area contributed by atoms with Crippen molar-refractivity contribution in [2.75, 3.05) is 30.3 Å². The Hall–Kier alpha value is -2.16. The lowest BCUT2D eigenvalue weighted by molar-refractivity contribution is -0.130. The van der Waals surface area contributed by atoms with Crippen LogP contribution in [0.25, 0.3) is 10.3 Å². The van der Waals surface area contributed by atoms with Gasteiger partial charge in [-0.15, -0.1) is 11.3 Å². The minimum atomic E-state index is 0.0316. The average Bonchev–Trinajstić information content (AvgIpc) is 3.15. The summed E-state index contributed by atoms with van der Waals surface area (Å²) in [6.45, 7) is 1.55. The number of nitrogens with one attached hydrogen (secondary N) is 2. The molecule has 4 rings (SSSR count). The molecule has 10 heteroatoms. The number of anilines is 2. The van der Waals surface area contributed by atoms with E-state index >= 15 is 0 Å². The Kier molecular flexibility index (Phi) is 5.79. The first-order valence-corrected chi connectivity index (χ1v) is 10.5. The smallest absolute Gasteiger partial charge is 0.241 e. The van der Waals surface area contributed by atoms with E-state index in [-0.39, 0.29) is 18.5 Å². The first-order valence-electron chi connectivity index (χ1n) is 8.87. The molecule has 3 aromatic rings. The van der Waals surface area contributed by atoms with Gasteiger partial charge in [0, 0.05) is 34.9 Å². The maximum atomic E-state index is 12.6. The van der Waals surface area contributed by atoms with Crippen molar-refractivity contribution >= 4 is 62.3 Å². The number of amides is 1. The van der Waals surface area contributed by atoms with Crippen molar-refractivity contribution < 1.29 is 4.79 Å². The number of carbonyl (C=O) groups is 1. The van der Waals surface area contributed by atoms with Gasteiger partial charge in [0.15, 0.2) is 5.82 Å². The van der Waals surface area contributed by atoms with Crippen LogP contribution in [0.15, 0.2) is 30.0 Å². The highest BCUT2D eigenvalue weighted by atomic mass is 35.5. The van der Waals surface area contributed by atoms with E-state index in [2.05, 4.69) is 25.6 Å². The zero-order chi connectivity index (χ0) is 19.5. The number of thiazole rings is 1. The lowest BCUT2D eigenvalue weighted by Crippen LogP contribution is -2.47. The van der Waals surface area contributed by atoms with Crippen molar-refractivity contribution in [3.05, 3.63) is 40.1 Å². The van der Waals surface area contributed by atoms with E-state index in [4.69, 9.17) is 23.2 Å². The van der Waals surface area contributed by atoms with Gasteiger partial charge < -0.3 is 15.5 Å². The second-order valence-electron chi connectivity index (χ2n) is 6.56. The van der Waals surface area contributed by atoms with E-state index in [1.54, 1.807) is 23.7 Å². The Balaban J connectivity index is 1.36. The fourth-order valence-electron chi connectivity index (χ4n) is 3.26. The van der Waals surface area contributed by atoms with Gasteiger partial charge in [-0.05, 0) is 31.0 Å². The molecule has 2 N–H and O–H groups in total. The van der Waals surface area contributed by atoms with Crippen LogP contribution in [-0.2, 0) is 4.79 Å². The molecule has 3 heterocycles. The van der Waals surface area contributed by atoms with E-state index in [1.165, 1.54) is 17.7 Å². The van der Waals surface area contributed by atoms with Crippen molar-refractivity contribution in [3.63, 3.8) is 0 Å². The number of halogens is 2. The Morgan fingerprint density at radius 1 is 1.21 bits per heavy atom. The summed E-state index contributed by atoms with van der Waals surface area (Å²) in [7, 11) is 0. The molecule has 2 aromatic heterocycles. The molecule has 28 heavy (non-hydrogen) atoms. The summed E-state index contributed by atoms with van der Waals surface area (Å²) in [5.74, 6) is 0.751. The maximum absolute atomic E-state index is 12.6. The molecule has 0 spiro atoms. The molecule has 1 fully saturated rings. The highest BCUT2D eigenvalue weighted by molar-refractivity contribution is 7.16. The van der Waals surface area contributed by atoms with Gasteiger partial charge >= 0.3 is 0 Å². The summed E-state index contributed by atoms with van der Waals surface area (Å²) in [6.07, 6.45) is 3.43. The van der Waals surface area contributed by atoms with E-state index in [9.17, 15) is 4.79 Å². The average molecular weight is 437 g/mol. The van der Waals surface area contributed by atoms with Crippen LogP contribution in [0.2, 0.25) is 10.0 Å². The summed E-state index contributed by atoms with van der Waals surface area (Å²) >= 11 is 13.5. The zero-order valence-electron chi connectivity index (χ0n) is 14.9. The molecule has 0 radical (unpaired) electrons. The number of likely N-dealkylation sites (tertiary alicyclic amines) is 1. The molecule has 1 aliphatic heterocycles. The molecular weight excluding hydrogens is 419 g/mol. The molecule has 0 saturated carbocycles. The number of benzene rings is 1. The van der Waals surface area contributed by atoms with Crippen LogP contribution < -0.4 is 10.6 Å². The van der Waals surface area contributed by atoms with Gasteiger partial charge in [0.25, 0.3) is 0 Å². The van der Waals surface area contributed by atoms with E-state index in [0.29, 0.717) is 16.6 Å². The third-order valence-electron chi connectivity index (χ3n) is 4.56. The normalized spacial score (nSPS) is 16.9. The summed E-state index contributed by atoms with van der Waals surface area (Å²) in [4.78, 5) is 28.2. The van der Waals surface area contributed by atoms with Crippen molar-refractivity contribution in [1.82, 2.24) is 19.9 Å². The largest absolute Gasteiger partial charge is 0.376 e. The highest BCUT2D eigenvalue weighted by Crippen LogP contribution is 2.24.